The molecule has 1 aromatic heterocycles. The molecule has 0 radical (unpaired) electrons. The third-order valence-electron chi connectivity index (χ3n) is 5.58. The van der Waals surface area contributed by atoms with Crippen LogP contribution < -0.4 is 4.74 Å². The summed E-state index contributed by atoms with van der Waals surface area (Å²) in [4.78, 5) is 19.3. The van der Waals surface area contributed by atoms with Gasteiger partial charge in [0.15, 0.2) is 5.76 Å². The zero-order valence-electron chi connectivity index (χ0n) is 19.4. The fourth-order valence-electron chi connectivity index (χ4n) is 3.91. The van der Waals surface area contributed by atoms with E-state index in [0.717, 1.165) is 16.8 Å². The molecular weight excluding hydrogens is 423 g/mol. The number of methoxy groups -OCH3 is 1. The second-order valence-corrected chi connectivity index (χ2v) is 8.70. The van der Waals surface area contributed by atoms with Gasteiger partial charge in [-0.1, -0.05) is 18.2 Å². The Bertz CT molecular complexity index is 1200. The minimum Gasteiger partial charge on any atom is -0.494 e. The highest BCUT2D eigenvalue weighted by Gasteiger charge is 2.39. The number of carbonyl (C=O) groups excluding carboxylic acids is 1. The van der Waals surface area contributed by atoms with E-state index >= 15 is 0 Å². The Balaban J connectivity index is 1.66. The molecule has 8 heteroatoms. The van der Waals surface area contributed by atoms with Gasteiger partial charge in [0.25, 0.3) is 5.91 Å². The molecule has 172 valence electrons. The van der Waals surface area contributed by atoms with Gasteiger partial charge in [-0.15, -0.1) is 0 Å². The normalized spacial score (nSPS) is 17.7. The van der Waals surface area contributed by atoms with E-state index in [-0.39, 0.29) is 23.5 Å². The van der Waals surface area contributed by atoms with Gasteiger partial charge < -0.3 is 14.4 Å². The highest BCUT2D eigenvalue weighted by Crippen LogP contribution is 2.33. The van der Waals surface area contributed by atoms with Crippen molar-refractivity contribution < 1.29 is 18.7 Å². The summed E-state index contributed by atoms with van der Waals surface area (Å²) in [6, 6.07) is 11.5. The topological polar surface area (TPSA) is 69.5 Å². The number of hydrogen-bond donors (Lipinski definition) is 0. The zero-order chi connectivity index (χ0) is 23.8. The average Bonchev–Trinajstić information content (AvgIpc) is 3.21. The minimum atomic E-state index is -0.587. The maximum absolute atomic E-state index is 13.4. The number of benzene rings is 2. The second kappa shape index (κ2) is 8.69. The summed E-state index contributed by atoms with van der Waals surface area (Å²) in [7, 11) is 1.58. The Morgan fingerprint density at radius 2 is 1.94 bits per heavy atom. The molecule has 0 bridgehead atoms. The number of nitrogens with zero attached hydrogens (tertiary/aromatic N) is 4. The first-order valence-electron chi connectivity index (χ1n) is 10.7. The Morgan fingerprint density at radius 1 is 1.21 bits per heavy atom. The van der Waals surface area contributed by atoms with Gasteiger partial charge in [0.05, 0.1) is 19.7 Å². The summed E-state index contributed by atoms with van der Waals surface area (Å²) in [5.41, 5.74) is 1.76. The molecule has 1 aliphatic heterocycles. The van der Waals surface area contributed by atoms with E-state index in [1.807, 2.05) is 45.9 Å². The molecule has 1 fully saturated rings. The number of aryl methyl sites for hydroxylation is 1. The lowest BCUT2D eigenvalue weighted by atomic mass is 10.00. The quantitative estimate of drug-likeness (QED) is 0.537. The van der Waals surface area contributed by atoms with Gasteiger partial charge in [0, 0.05) is 0 Å². The number of morpholine rings is 1. The number of halogens is 1. The lowest BCUT2D eigenvalue weighted by Gasteiger charge is -2.42. The zero-order valence-corrected chi connectivity index (χ0v) is 19.4. The molecule has 3 aromatic rings. The maximum Gasteiger partial charge on any atom is 0.289 e. The summed E-state index contributed by atoms with van der Waals surface area (Å²) in [6.07, 6.45) is 3.34. The van der Waals surface area contributed by atoms with Crippen molar-refractivity contribution in [3.05, 3.63) is 77.3 Å². The molecule has 33 heavy (non-hydrogen) atoms. The van der Waals surface area contributed by atoms with Crippen LogP contribution >= 0.6 is 0 Å². The Kier molecular flexibility index (Phi) is 5.93. The van der Waals surface area contributed by atoms with Crippen LogP contribution in [-0.4, -0.2) is 44.8 Å². The van der Waals surface area contributed by atoms with Gasteiger partial charge in [-0.3, -0.25) is 4.79 Å². The van der Waals surface area contributed by atoms with Crippen LogP contribution in [0, 0.1) is 12.7 Å². The predicted molar refractivity (Wildman–Crippen MR) is 122 cm³/mol. The fourth-order valence-corrected chi connectivity index (χ4v) is 3.91. The first-order chi connectivity index (χ1) is 15.7. The van der Waals surface area contributed by atoms with Crippen LogP contribution in [0.25, 0.3) is 11.8 Å². The van der Waals surface area contributed by atoms with E-state index in [9.17, 15) is 9.18 Å². The summed E-state index contributed by atoms with van der Waals surface area (Å²) in [5.74, 6) is 0.960. The van der Waals surface area contributed by atoms with Crippen molar-refractivity contribution in [2.24, 2.45) is 0 Å². The summed E-state index contributed by atoms with van der Waals surface area (Å²) in [5, 5.41) is 4.33. The van der Waals surface area contributed by atoms with Gasteiger partial charge in [-0.2, -0.15) is 5.10 Å². The maximum atomic E-state index is 13.4. The van der Waals surface area contributed by atoms with Gasteiger partial charge >= 0.3 is 0 Å². The van der Waals surface area contributed by atoms with Crippen LogP contribution in [0.2, 0.25) is 0 Å². The van der Waals surface area contributed by atoms with E-state index in [2.05, 4.69) is 10.1 Å². The summed E-state index contributed by atoms with van der Waals surface area (Å²) in [6.45, 7) is 8.04. The molecule has 1 aliphatic rings. The van der Waals surface area contributed by atoms with E-state index in [1.165, 1.54) is 12.1 Å². The molecule has 0 spiro atoms. The fraction of sp³-hybridized carbons (Fsp3) is 0.320. The summed E-state index contributed by atoms with van der Waals surface area (Å²) >= 11 is 0. The van der Waals surface area contributed by atoms with E-state index in [0.29, 0.717) is 18.1 Å². The highest BCUT2D eigenvalue weighted by molar-refractivity contribution is 5.97. The molecule has 1 saturated heterocycles. The minimum absolute atomic E-state index is 0.221. The Labute approximate surface area is 192 Å². The van der Waals surface area contributed by atoms with Crippen LogP contribution in [0.3, 0.4) is 0 Å². The summed E-state index contributed by atoms with van der Waals surface area (Å²) < 4.78 is 26.6. The number of rotatable bonds is 5. The molecule has 2 heterocycles. The largest absolute Gasteiger partial charge is 0.494 e. The highest BCUT2D eigenvalue weighted by atomic mass is 19.1. The number of ether oxygens (including phenoxy) is 2. The molecular formula is C25H27FN4O3. The van der Waals surface area contributed by atoms with Crippen molar-refractivity contribution >= 4 is 12.0 Å². The lowest BCUT2D eigenvalue weighted by molar-refractivity contribution is -0.149. The molecule has 2 aromatic carbocycles. The molecule has 0 saturated carbocycles. The molecule has 1 atom stereocenters. The lowest BCUT2D eigenvalue weighted by Crippen LogP contribution is -2.51. The van der Waals surface area contributed by atoms with Crippen molar-refractivity contribution in [3.63, 3.8) is 0 Å². The van der Waals surface area contributed by atoms with E-state index < -0.39 is 5.60 Å². The van der Waals surface area contributed by atoms with Crippen molar-refractivity contribution in [3.8, 4) is 11.4 Å². The standard InChI is InChI=1S/C25H27FN4O3/c1-16(19-7-9-20(26)10-8-19)29-14-25(3,4)33-23(24(29)31)13-18-6-11-21(22(12-18)32-5)30-15-27-17(2)28-30/h6-13,15-16H,14H2,1-5H3/b23-13-/t16-/m0/s1. The average molecular weight is 451 g/mol. The third kappa shape index (κ3) is 4.74. The SMILES string of the molecule is COc1cc(/C=C2\OC(C)(C)CN([C@@H](C)c3ccc(F)cc3)C2=O)ccc1-n1cnc(C)n1. The Hall–Kier alpha value is -3.68. The van der Waals surface area contributed by atoms with Gasteiger partial charge in [0.1, 0.15) is 35.0 Å². The number of hydrogen-bond acceptors (Lipinski definition) is 5. The second-order valence-electron chi connectivity index (χ2n) is 8.70. The predicted octanol–water partition coefficient (Wildman–Crippen LogP) is 4.46. The van der Waals surface area contributed by atoms with Gasteiger partial charge in [-0.05, 0) is 69.2 Å². The smallest absolute Gasteiger partial charge is 0.289 e. The first kappa shape index (κ1) is 22.5. The van der Waals surface area contributed by atoms with Crippen molar-refractivity contribution in [1.82, 2.24) is 19.7 Å². The van der Waals surface area contributed by atoms with Crippen molar-refractivity contribution in [2.75, 3.05) is 13.7 Å². The van der Waals surface area contributed by atoms with Gasteiger partial charge in [0.2, 0.25) is 0 Å². The molecule has 0 N–H and O–H groups in total. The molecule has 4 rings (SSSR count). The number of carbonyl (C=O) groups is 1. The Morgan fingerprint density at radius 3 is 2.58 bits per heavy atom. The first-order valence-corrected chi connectivity index (χ1v) is 10.7. The monoisotopic (exact) mass is 450 g/mol. The molecule has 0 aliphatic carbocycles. The van der Waals surface area contributed by atoms with Crippen LogP contribution in [0.1, 0.15) is 43.8 Å². The molecule has 7 nitrogen and oxygen atoms in total. The van der Waals surface area contributed by atoms with Crippen molar-refractivity contribution in [1.29, 1.82) is 0 Å². The number of aromatic nitrogens is 3. The molecule has 0 unspecified atom stereocenters. The van der Waals surface area contributed by atoms with Crippen molar-refractivity contribution in [2.45, 2.75) is 39.3 Å². The van der Waals surface area contributed by atoms with Gasteiger partial charge in [-0.25, -0.2) is 14.1 Å². The van der Waals surface area contributed by atoms with Crippen LogP contribution in [0.15, 0.2) is 54.6 Å². The third-order valence-corrected chi connectivity index (χ3v) is 5.58. The number of amides is 1. The molecule has 1 amide bonds. The van der Waals surface area contributed by atoms with Crippen LogP contribution in [0.4, 0.5) is 4.39 Å². The van der Waals surface area contributed by atoms with E-state index in [1.54, 1.807) is 41.2 Å². The van der Waals surface area contributed by atoms with Crippen LogP contribution in [0.5, 0.6) is 5.75 Å². The van der Waals surface area contributed by atoms with E-state index in [4.69, 9.17) is 9.47 Å². The van der Waals surface area contributed by atoms with Crippen LogP contribution in [-0.2, 0) is 9.53 Å².